The smallest absolute Gasteiger partial charge is 0.243 e. The van der Waals surface area contributed by atoms with Crippen LogP contribution in [0.4, 0.5) is 0 Å². The Morgan fingerprint density at radius 2 is 1.94 bits per heavy atom. The monoisotopic (exact) mass is 228 g/mol. The first kappa shape index (κ1) is 13.5. The van der Waals surface area contributed by atoms with Gasteiger partial charge in [0.25, 0.3) is 0 Å². The van der Waals surface area contributed by atoms with E-state index in [9.17, 15) is 4.79 Å². The fourth-order valence-corrected chi connectivity index (χ4v) is 1.80. The topological polar surface area (TPSA) is 55.6 Å². The summed E-state index contributed by atoms with van der Waals surface area (Å²) in [4.78, 5) is 14.2. The first-order valence-corrected chi connectivity index (χ1v) is 5.98. The Bertz CT molecular complexity index is 258. The predicted molar refractivity (Wildman–Crippen MR) is 64.1 cm³/mol. The summed E-state index contributed by atoms with van der Waals surface area (Å²) in [7, 11) is 1.84. The van der Waals surface area contributed by atoms with Crippen molar-refractivity contribution < 1.29 is 9.53 Å². The molecule has 1 rings (SSSR count). The van der Waals surface area contributed by atoms with Crippen molar-refractivity contribution in [1.29, 1.82) is 0 Å². The molecule has 0 aromatic rings. The van der Waals surface area contributed by atoms with E-state index in [0.717, 1.165) is 6.42 Å². The third-order valence-electron chi connectivity index (χ3n) is 3.89. The summed E-state index contributed by atoms with van der Waals surface area (Å²) >= 11 is 0. The van der Waals surface area contributed by atoms with Gasteiger partial charge in [-0.05, 0) is 33.1 Å². The van der Waals surface area contributed by atoms with E-state index in [-0.39, 0.29) is 11.4 Å². The fraction of sp³-hybridized carbons (Fsp3) is 0.917. The molecule has 1 heterocycles. The number of carbonyl (C=O) groups is 1. The number of hydrogen-bond acceptors (Lipinski definition) is 3. The van der Waals surface area contributed by atoms with E-state index in [1.807, 2.05) is 7.05 Å². The maximum absolute atomic E-state index is 12.4. The molecule has 4 heteroatoms. The molecular formula is C12H24N2O2. The zero-order chi connectivity index (χ0) is 12.4. The first-order valence-electron chi connectivity index (χ1n) is 5.98. The summed E-state index contributed by atoms with van der Waals surface area (Å²) in [6.45, 7) is 7.38. The van der Waals surface area contributed by atoms with Gasteiger partial charge in [-0.1, -0.05) is 6.92 Å². The zero-order valence-corrected chi connectivity index (χ0v) is 10.9. The van der Waals surface area contributed by atoms with Crippen molar-refractivity contribution in [1.82, 2.24) is 4.90 Å². The summed E-state index contributed by atoms with van der Waals surface area (Å²) in [5.74, 6) is 0.0441. The maximum atomic E-state index is 12.4. The molecule has 0 aromatic carbocycles. The SMILES string of the molecule is CCC(C)(C)N(C)C(=O)C1(N)CCOCC1. The number of carbonyl (C=O) groups excluding carboxylic acids is 1. The second-order valence-corrected chi connectivity index (χ2v) is 5.30. The Kier molecular flexibility index (Phi) is 3.97. The summed E-state index contributed by atoms with van der Waals surface area (Å²) in [6, 6.07) is 0. The highest BCUT2D eigenvalue weighted by Crippen LogP contribution is 2.25. The van der Waals surface area contributed by atoms with Gasteiger partial charge in [0.05, 0.1) is 5.54 Å². The summed E-state index contributed by atoms with van der Waals surface area (Å²) in [6.07, 6.45) is 2.16. The lowest BCUT2D eigenvalue weighted by molar-refractivity contribution is -0.144. The minimum Gasteiger partial charge on any atom is -0.381 e. The Hall–Kier alpha value is -0.610. The highest BCUT2D eigenvalue weighted by molar-refractivity contribution is 5.86. The Morgan fingerprint density at radius 3 is 2.38 bits per heavy atom. The van der Waals surface area contributed by atoms with Crippen LogP contribution in [0.3, 0.4) is 0 Å². The van der Waals surface area contributed by atoms with Crippen LogP contribution in [0.1, 0.15) is 40.0 Å². The van der Waals surface area contributed by atoms with Crippen molar-refractivity contribution in [3.63, 3.8) is 0 Å². The van der Waals surface area contributed by atoms with Gasteiger partial charge in [-0.25, -0.2) is 0 Å². The number of hydrogen-bond donors (Lipinski definition) is 1. The number of amides is 1. The van der Waals surface area contributed by atoms with Crippen molar-refractivity contribution in [2.75, 3.05) is 20.3 Å². The molecule has 0 unspecified atom stereocenters. The molecule has 0 bridgehead atoms. The van der Waals surface area contributed by atoms with E-state index in [1.54, 1.807) is 4.90 Å². The Morgan fingerprint density at radius 1 is 1.44 bits per heavy atom. The molecule has 0 saturated carbocycles. The molecule has 1 fully saturated rings. The van der Waals surface area contributed by atoms with Crippen molar-refractivity contribution in [2.45, 2.75) is 51.1 Å². The van der Waals surface area contributed by atoms with Gasteiger partial charge in [0, 0.05) is 25.8 Å². The average molecular weight is 228 g/mol. The lowest BCUT2D eigenvalue weighted by atomic mass is 9.87. The number of rotatable bonds is 3. The molecule has 1 saturated heterocycles. The minimum atomic E-state index is -0.723. The zero-order valence-electron chi connectivity index (χ0n) is 10.9. The molecule has 0 atom stereocenters. The molecule has 1 aliphatic heterocycles. The number of likely N-dealkylation sites (N-methyl/N-ethyl adjacent to an activating group) is 1. The summed E-state index contributed by atoms with van der Waals surface area (Å²) < 4.78 is 5.26. The van der Waals surface area contributed by atoms with Crippen LogP contribution < -0.4 is 5.73 Å². The lowest BCUT2D eigenvalue weighted by Gasteiger charge is -2.42. The van der Waals surface area contributed by atoms with E-state index in [4.69, 9.17) is 10.5 Å². The lowest BCUT2D eigenvalue weighted by Crippen LogP contribution is -2.61. The largest absolute Gasteiger partial charge is 0.381 e. The molecule has 16 heavy (non-hydrogen) atoms. The first-order chi connectivity index (χ1) is 7.33. The molecule has 94 valence electrons. The van der Waals surface area contributed by atoms with Crippen LogP contribution >= 0.6 is 0 Å². The van der Waals surface area contributed by atoms with Gasteiger partial charge in [0.1, 0.15) is 0 Å². The van der Waals surface area contributed by atoms with Gasteiger partial charge >= 0.3 is 0 Å². The van der Waals surface area contributed by atoms with Gasteiger partial charge in [0.2, 0.25) is 5.91 Å². The predicted octanol–water partition coefficient (Wildman–Crippen LogP) is 1.14. The Labute approximate surface area is 98.1 Å². The molecule has 0 aromatic heterocycles. The van der Waals surface area contributed by atoms with E-state index >= 15 is 0 Å². The molecule has 1 amide bonds. The van der Waals surface area contributed by atoms with Crippen LogP contribution in [-0.4, -0.2) is 42.1 Å². The highest BCUT2D eigenvalue weighted by atomic mass is 16.5. The van der Waals surface area contributed by atoms with E-state index in [2.05, 4.69) is 20.8 Å². The van der Waals surface area contributed by atoms with Crippen LogP contribution in [0.2, 0.25) is 0 Å². The number of ether oxygens (including phenoxy) is 1. The van der Waals surface area contributed by atoms with Crippen LogP contribution in [0.15, 0.2) is 0 Å². The third-order valence-corrected chi connectivity index (χ3v) is 3.89. The molecule has 0 aliphatic carbocycles. The van der Waals surface area contributed by atoms with Gasteiger partial charge < -0.3 is 15.4 Å². The fourth-order valence-electron chi connectivity index (χ4n) is 1.80. The molecule has 0 spiro atoms. The highest BCUT2D eigenvalue weighted by Gasteiger charge is 2.41. The molecule has 2 N–H and O–H groups in total. The van der Waals surface area contributed by atoms with Crippen LogP contribution in [-0.2, 0) is 9.53 Å². The maximum Gasteiger partial charge on any atom is 0.243 e. The quantitative estimate of drug-likeness (QED) is 0.788. The van der Waals surface area contributed by atoms with Crippen molar-refractivity contribution >= 4 is 5.91 Å². The average Bonchev–Trinajstić information content (AvgIpc) is 2.28. The number of nitrogens with two attached hydrogens (primary N) is 1. The standard InChI is InChI=1S/C12H24N2O2/c1-5-11(2,3)14(4)10(15)12(13)6-8-16-9-7-12/h5-9,13H2,1-4H3. The van der Waals surface area contributed by atoms with Crippen LogP contribution in [0.25, 0.3) is 0 Å². The van der Waals surface area contributed by atoms with Gasteiger partial charge in [-0.3, -0.25) is 4.79 Å². The molecule has 1 aliphatic rings. The van der Waals surface area contributed by atoms with Crippen molar-refractivity contribution in [2.24, 2.45) is 5.73 Å². The second kappa shape index (κ2) is 4.72. The number of nitrogens with zero attached hydrogens (tertiary/aromatic N) is 1. The molecule has 0 radical (unpaired) electrons. The van der Waals surface area contributed by atoms with Crippen molar-refractivity contribution in [3.8, 4) is 0 Å². The van der Waals surface area contributed by atoms with Crippen LogP contribution in [0, 0.1) is 0 Å². The normalized spacial score (nSPS) is 20.6. The van der Waals surface area contributed by atoms with E-state index < -0.39 is 5.54 Å². The van der Waals surface area contributed by atoms with Crippen molar-refractivity contribution in [3.05, 3.63) is 0 Å². The third kappa shape index (κ3) is 2.55. The van der Waals surface area contributed by atoms with Gasteiger partial charge in [0.15, 0.2) is 0 Å². The van der Waals surface area contributed by atoms with Gasteiger partial charge in [-0.15, -0.1) is 0 Å². The second-order valence-electron chi connectivity index (χ2n) is 5.30. The Balaban J connectivity index is 2.76. The molecule has 4 nitrogen and oxygen atoms in total. The van der Waals surface area contributed by atoms with Gasteiger partial charge in [-0.2, -0.15) is 0 Å². The van der Waals surface area contributed by atoms with E-state index in [1.165, 1.54) is 0 Å². The summed E-state index contributed by atoms with van der Waals surface area (Å²) in [5.41, 5.74) is 5.32. The molecular weight excluding hydrogens is 204 g/mol. The van der Waals surface area contributed by atoms with Crippen LogP contribution in [0.5, 0.6) is 0 Å². The summed E-state index contributed by atoms with van der Waals surface area (Å²) in [5, 5.41) is 0. The minimum absolute atomic E-state index is 0.0441. The van der Waals surface area contributed by atoms with E-state index in [0.29, 0.717) is 26.1 Å².